The van der Waals surface area contributed by atoms with E-state index in [1.54, 1.807) is 11.8 Å². The molecule has 0 saturated carbocycles. The van der Waals surface area contributed by atoms with Crippen molar-refractivity contribution < 1.29 is 14.1 Å². The average Bonchev–Trinajstić information content (AvgIpc) is 3.17. The van der Waals surface area contributed by atoms with Crippen LogP contribution >= 0.6 is 22.9 Å². The van der Waals surface area contributed by atoms with Crippen LogP contribution in [0.25, 0.3) is 10.7 Å². The van der Waals surface area contributed by atoms with Crippen molar-refractivity contribution in [2.75, 3.05) is 19.8 Å². The molecular formula is C13H14ClN3O3S. The molecule has 1 aliphatic rings. The Hall–Kier alpha value is -1.44. The van der Waals surface area contributed by atoms with Crippen molar-refractivity contribution in [2.45, 2.75) is 18.3 Å². The zero-order valence-corrected chi connectivity index (χ0v) is 12.9. The predicted octanol–water partition coefficient (Wildman–Crippen LogP) is 2.33. The molecule has 2 aromatic heterocycles. The van der Waals surface area contributed by atoms with E-state index in [0.717, 1.165) is 4.88 Å². The van der Waals surface area contributed by atoms with Gasteiger partial charge in [-0.25, -0.2) is 0 Å². The smallest absolute Gasteiger partial charge is 0.252 e. The maximum absolute atomic E-state index is 12.2. The molecule has 8 heteroatoms. The minimum Gasteiger partial charge on any atom is -0.377 e. The van der Waals surface area contributed by atoms with Gasteiger partial charge in [-0.3, -0.25) is 4.79 Å². The highest BCUT2D eigenvalue weighted by Crippen LogP contribution is 2.28. The number of rotatable bonds is 3. The molecule has 2 atom stereocenters. The fourth-order valence-electron chi connectivity index (χ4n) is 2.18. The number of halogens is 1. The summed E-state index contributed by atoms with van der Waals surface area (Å²) in [5, 5.41) is 5.32. The molecular weight excluding hydrogens is 314 g/mol. The predicted molar refractivity (Wildman–Crippen MR) is 78.2 cm³/mol. The highest BCUT2D eigenvalue weighted by molar-refractivity contribution is 7.13. The number of ether oxygens (including phenoxy) is 1. The van der Waals surface area contributed by atoms with Crippen LogP contribution in [0.1, 0.15) is 18.9 Å². The summed E-state index contributed by atoms with van der Waals surface area (Å²) in [5.41, 5.74) is 0. The number of amides is 1. The van der Waals surface area contributed by atoms with Gasteiger partial charge in [-0.05, 0) is 18.4 Å². The van der Waals surface area contributed by atoms with Crippen LogP contribution in [0, 0.1) is 0 Å². The number of carbonyl (C=O) groups excluding carboxylic acids is 1. The summed E-state index contributed by atoms with van der Waals surface area (Å²) in [7, 11) is 0. The SMILES string of the molecule is CC(Cl)C(=O)N1CCOCC1c1nc(-c2cccs2)no1. The van der Waals surface area contributed by atoms with Gasteiger partial charge in [0, 0.05) is 6.54 Å². The zero-order valence-electron chi connectivity index (χ0n) is 11.4. The Bertz CT molecular complexity index is 614. The number of carbonyl (C=O) groups is 1. The number of alkyl halides is 1. The van der Waals surface area contributed by atoms with Gasteiger partial charge in [0.1, 0.15) is 11.4 Å². The van der Waals surface area contributed by atoms with Crippen molar-refractivity contribution in [1.82, 2.24) is 15.0 Å². The largest absolute Gasteiger partial charge is 0.377 e. The molecule has 1 saturated heterocycles. The number of hydrogen-bond donors (Lipinski definition) is 0. The summed E-state index contributed by atoms with van der Waals surface area (Å²) in [6, 6.07) is 3.46. The molecule has 2 unspecified atom stereocenters. The third-order valence-electron chi connectivity index (χ3n) is 3.22. The Morgan fingerprint density at radius 3 is 3.19 bits per heavy atom. The third kappa shape index (κ3) is 2.95. The molecule has 1 fully saturated rings. The van der Waals surface area contributed by atoms with Gasteiger partial charge in [-0.15, -0.1) is 22.9 Å². The van der Waals surface area contributed by atoms with E-state index in [4.69, 9.17) is 20.9 Å². The van der Waals surface area contributed by atoms with E-state index in [9.17, 15) is 4.79 Å². The molecule has 0 bridgehead atoms. The second-order valence-electron chi connectivity index (χ2n) is 4.67. The summed E-state index contributed by atoms with van der Waals surface area (Å²) in [5.74, 6) is 0.751. The lowest BCUT2D eigenvalue weighted by molar-refractivity contribution is -0.140. The normalized spacial score (nSPS) is 20.5. The second-order valence-corrected chi connectivity index (χ2v) is 6.27. The van der Waals surface area contributed by atoms with Crippen molar-refractivity contribution in [1.29, 1.82) is 0 Å². The Kier molecular flexibility index (Phi) is 4.23. The average molecular weight is 328 g/mol. The summed E-state index contributed by atoms with van der Waals surface area (Å²) in [6.45, 7) is 2.94. The van der Waals surface area contributed by atoms with Gasteiger partial charge in [-0.1, -0.05) is 11.2 Å². The minimum atomic E-state index is -0.592. The number of hydrogen-bond acceptors (Lipinski definition) is 6. The van der Waals surface area contributed by atoms with Gasteiger partial charge < -0.3 is 14.2 Å². The van der Waals surface area contributed by atoms with Gasteiger partial charge >= 0.3 is 0 Å². The van der Waals surface area contributed by atoms with Crippen molar-refractivity contribution in [3.63, 3.8) is 0 Å². The molecule has 0 aliphatic carbocycles. The van der Waals surface area contributed by atoms with Gasteiger partial charge in [0.25, 0.3) is 5.89 Å². The monoisotopic (exact) mass is 327 g/mol. The van der Waals surface area contributed by atoms with Crippen molar-refractivity contribution in [2.24, 2.45) is 0 Å². The van der Waals surface area contributed by atoms with E-state index in [0.29, 0.717) is 31.5 Å². The maximum atomic E-state index is 12.2. The third-order valence-corrected chi connectivity index (χ3v) is 4.27. The van der Waals surface area contributed by atoms with Crippen LogP contribution in [0.3, 0.4) is 0 Å². The van der Waals surface area contributed by atoms with Gasteiger partial charge in [0.2, 0.25) is 11.7 Å². The van der Waals surface area contributed by atoms with E-state index in [1.807, 2.05) is 17.5 Å². The molecule has 1 aliphatic heterocycles. The molecule has 0 aromatic carbocycles. The van der Waals surface area contributed by atoms with Crippen LogP contribution < -0.4 is 0 Å². The van der Waals surface area contributed by atoms with E-state index in [2.05, 4.69) is 10.1 Å². The first kappa shape index (κ1) is 14.5. The van der Waals surface area contributed by atoms with Crippen LogP contribution in [-0.2, 0) is 9.53 Å². The van der Waals surface area contributed by atoms with E-state index >= 15 is 0 Å². The number of thiophene rings is 1. The van der Waals surface area contributed by atoms with Crippen molar-refractivity contribution in [3.8, 4) is 10.7 Å². The van der Waals surface area contributed by atoms with Crippen molar-refractivity contribution >= 4 is 28.8 Å². The quantitative estimate of drug-likeness (QED) is 0.809. The highest BCUT2D eigenvalue weighted by Gasteiger charge is 2.34. The Morgan fingerprint density at radius 1 is 1.62 bits per heavy atom. The first-order valence-corrected chi connectivity index (χ1v) is 7.88. The Morgan fingerprint density at radius 2 is 2.48 bits per heavy atom. The molecule has 112 valence electrons. The lowest BCUT2D eigenvalue weighted by Crippen LogP contribution is -2.46. The first-order valence-electron chi connectivity index (χ1n) is 6.56. The molecule has 0 spiro atoms. The van der Waals surface area contributed by atoms with Crippen LogP contribution in [0.2, 0.25) is 0 Å². The van der Waals surface area contributed by atoms with E-state index < -0.39 is 5.38 Å². The van der Waals surface area contributed by atoms with Gasteiger partial charge in [-0.2, -0.15) is 4.98 Å². The van der Waals surface area contributed by atoms with E-state index in [1.165, 1.54) is 11.3 Å². The molecule has 3 rings (SSSR count). The van der Waals surface area contributed by atoms with Crippen molar-refractivity contribution in [3.05, 3.63) is 23.4 Å². The summed E-state index contributed by atoms with van der Waals surface area (Å²) in [4.78, 5) is 19.1. The lowest BCUT2D eigenvalue weighted by Gasteiger charge is -2.33. The number of aromatic nitrogens is 2. The standard InChI is InChI=1S/C13H14ClN3O3S/c1-8(14)13(18)17-4-5-19-7-9(17)12-15-11(16-20-12)10-3-2-6-21-10/h2-3,6,8-9H,4-5,7H2,1H3. The second kappa shape index (κ2) is 6.13. The van der Waals surface area contributed by atoms with Gasteiger partial charge in [0.15, 0.2) is 0 Å². The highest BCUT2D eigenvalue weighted by atomic mass is 35.5. The molecule has 21 heavy (non-hydrogen) atoms. The van der Waals surface area contributed by atoms with E-state index in [-0.39, 0.29) is 11.9 Å². The Labute approximate surface area is 130 Å². The molecule has 3 heterocycles. The topological polar surface area (TPSA) is 68.5 Å². The fraction of sp³-hybridized carbons (Fsp3) is 0.462. The summed E-state index contributed by atoms with van der Waals surface area (Å²) >= 11 is 7.43. The Balaban J connectivity index is 1.85. The molecule has 1 amide bonds. The molecule has 0 radical (unpaired) electrons. The minimum absolute atomic E-state index is 0.152. The van der Waals surface area contributed by atoms with Gasteiger partial charge in [0.05, 0.1) is 18.1 Å². The fourth-order valence-corrected chi connectivity index (χ4v) is 2.95. The summed E-state index contributed by atoms with van der Waals surface area (Å²) in [6.07, 6.45) is 0. The maximum Gasteiger partial charge on any atom is 0.252 e. The number of morpholine rings is 1. The zero-order chi connectivity index (χ0) is 14.8. The number of nitrogens with zero attached hydrogens (tertiary/aromatic N) is 3. The lowest BCUT2D eigenvalue weighted by atomic mass is 10.2. The van der Waals surface area contributed by atoms with Crippen LogP contribution in [0.5, 0.6) is 0 Å². The first-order chi connectivity index (χ1) is 10.2. The molecule has 0 N–H and O–H groups in total. The molecule has 6 nitrogen and oxygen atoms in total. The van der Waals surface area contributed by atoms with Crippen LogP contribution in [0.15, 0.2) is 22.0 Å². The summed E-state index contributed by atoms with van der Waals surface area (Å²) < 4.78 is 10.8. The van der Waals surface area contributed by atoms with Crippen LogP contribution in [-0.4, -0.2) is 46.1 Å². The molecule has 2 aromatic rings. The van der Waals surface area contributed by atoms with Crippen LogP contribution in [0.4, 0.5) is 0 Å².